The van der Waals surface area contributed by atoms with Crippen LogP contribution in [-0.4, -0.2) is 55.1 Å². The number of aliphatic imine (C=N–C) groups is 1. The van der Waals surface area contributed by atoms with E-state index in [0.717, 1.165) is 12.8 Å². The van der Waals surface area contributed by atoms with Crippen molar-refractivity contribution >= 4 is 19.9 Å². The number of carbonyl (C=O) groups is 1. The predicted molar refractivity (Wildman–Crippen MR) is 120 cm³/mol. The first-order chi connectivity index (χ1) is 15.3. The molecule has 0 spiro atoms. The molecule has 10 nitrogen and oxygen atoms in total. The minimum absolute atomic E-state index is 0.0136. The number of rotatable bonds is 14. The number of aliphatic hydroxyl groups is 1. The second kappa shape index (κ2) is 13.7. The van der Waals surface area contributed by atoms with E-state index < -0.39 is 26.0 Å². The minimum Gasteiger partial charge on any atom is -0.465 e. The molecule has 5 atom stereocenters. The van der Waals surface area contributed by atoms with Gasteiger partial charge >= 0.3 is 13.7 Å². The molecular weight excluding hydrogens is 437 g/mol. The number of nitrogens with zero attached hydrogens (tertiary/aromatic N) is 1. The highest BCUT2D eigenvalue weighted by molar-refractivity contribution is 7.52. The molecule has 0 aromatic heterocycles. The van der Waals surface area contributed by atoms with E-state index in [-0.39, 0.29) is 25.4 Å². The molecule has 0 aliphatic carbocycles. The molecule has 1 heterocycles. The van der Waals surface area contributed by atoms with E-state index in [1.165, 1.54) is 6.21 Å². The van der Waals surface area contributed by atoms with Gasteiger partial charge in [0.1, 0.15) is 24.2 Å². The first-order valence-electron chi connectivity index (χ1n) is 10.9. The fourth-order valence-corrected chi connectivity index (χ4v) is 4.35. The number of nitrogens with one attached hydrogen (secondary N) is 1. The summed E-state index contributed by atoms with van der Waals surface area (Å²) in [4.78, 5) is 16.4. The molecule has 2 rings (SSSR count). The Kier molecular flexibility index (Phi) is 11.3. The van der Waals surface area contributed by atoms with Gasteiger partial charge in [0.05, 0.1) is 19.3 Å². The average molecular weight is 471 g/mol. The van der Waals surface area contributed by atoms with Gasteiger partial charge in [-0.2, -0.15) is 5.09 Å². The Labute approximate surface area is 189 Å². The standard InChI is InChI=1S/C21H34N3O7P/c1-3-4-14-28-21(26)16(2)24-32(27,31-17-8-6-5-7-9-17)29-15-18-10-11-20(30-18)23-13-12-19(22)25/h5-9,13,16,18-20,25H,3-4,10-12,14-15,22H2,1-2H3,(H,24,27). The molecule has 1 fully saturated rings. The van der Waals surface area contributed by atoms with Crippen LogP contribution >= 0.6 is 7.75 Å². The van der Waals surface area contributed by atoms with Crippen LogP contribution in [0.4, 0.5) is 0 Å². The van der Waals surface area contributed by atoms with Crippen molar-refractivity contribution < 1.29 is 33.0 Å². The second-order valence-corrected chi connectivity index (χ2v) is 9.19. The molecule has 5 unspecified atom stereocenters. The van der Waals surface area contributed by atoms with Gasteiger partial charge in [0.25, 0.3) is 0 Å². The van der Waals surface area contributed by atoms with Gasteiger partial charge in [-0.3, -0.25) is 14.3 Å². The Bertz CT molecular complexity index is 763. The molecule has 32 heavy (non-hydrogen) atoms. The Morgan fingerprint density at radius 3 is 2.84 bits per heavy atom. The zero-order valence-electron chi connectivity index (χ0n) is 18.6. The van der Waals surface area contributed by atoms with Crippen LogP contribution in [0.1, 0.15) is 46.0 Å². The number of benzene rings is 1. The highest BCUT2D eigenvalue weighted by Gasteiger charge is 2.34. The molecule has 1 aromatic rings. The fraction of sp³-hybridized carbons (Fsp3) is 0.619. The maximum atomic E-state index is 13.4. The van der Waals surface area contributed by atoms with Gasteiger partial charge in [0.15, 0.2) is 0 Å². The maximum absolute atomic E-state index is 13.4. The van der Waals surface area contributed by atoms with Gasteiger partial charge in [-0.05, 0) is 38.3 Å². The lowest BCUT2D eigenvalue weighted by atomic mass is 10.2. The topological polar surface area (TPSA) is 142 Å². The summed E-state index contributed by atoms with van der Waals surface area (Å²) in [6.07, 6.45) is 3.02. The van der Waals surface area contributed by atoms with E-state index in [1.807, 2.05) is 6.92 Å². The first-order valence-corrected chi connectivity index (χ1v) is 12.4. The van der Waals surface area contributed by atoms with Crippen LogP contribution < -0.4 is 15.3 Å². The molecule has 1 saturated heterocycles. The molecule has 0 amide bonds. The minimum atomic E-state index is -3.92. The summed E-state index contributed by atoms with van der Waals surface area (Å²) in [6, 6.07) is 7.67. The lowest BCUT2D eigenvalue weighted by Gasteiger charge is -2.24. The SMILES string of the molecule is CCCCOC(=O)C(C)NP(=O)(OCC1CCC(N=CCC(N)O)O1)Oc1ccccc1. The normalized spacial score (nSPS) is 22.4. The number of nitrogens with two attached hydrogens (primary N) is 1. The Hall–Kier alpha value is -1.81. The number of carbonyl (C=O) groups excluding carboxylic acids is 1. The molecule has 1 aliphatic heterocycles. The summed E-state index contributed by atoms with van der Waals surface area (Å²) in [5.74, 6) is -0.197. The van der Waals surface area contributed by atoms with Gasteiger partial charge < -0.3 is 24.8 Å². The predicted octanol–water partition coefficient (Wildman–Crippen LogP) is 2.75. The van der Waals surface area contributed by atoms with Crippen molar-refractivity contribution in [3.8, 4) is 5.75 Å². The third-order valence-corrected chi connectivity index (χ3v) is 6.19. The lowest BCUT2D eigenvalue weighted by Crippen LogP contribution is -2.35. The zero-order valence-corrected chi connectivity index (χ0v) is 19.5. The summed E-state index contributed by atoms with van der Waals surface area (Å²) in [5, 5.41) is 11.7. The van der Waals surface area contributed by atoms with E-state index in [4.69, 9.17) is 29.4 Å². The molecule has 4 N–H and O–H groups in total. The largest absolute Gasteiger partial charge is 0.465 e. The van der Waals surface area contributed by atoms with Crippen molar-refractivity contribution in [1.29, 1.82) is 0 Å². The third kappa shape index (κ3) is 9.77. The molecular formula is C21H34N3O7P. The molecule has 1 aromatic carbocycles. The van der Waals surface area contributed by atoms with Gasteiger partial charge in [0, 0.05) is 12.6 Å². The summed E-state index contributed by atoms with van der Waals surface area (Å²) in [7, 11) is -3.92. The van der Waals surface area contributed by atoms with Gasteiger partial charge in [-0.15, -0.1) is 0 Å². The molecule has 1 aliphatic rings. The van der Waals surface area contributed by atoms with Crippen molar-refractivity contribution in [2.45, 2.75) is 70.6 Å². The van der Waals surface area contributed by atoms with Crippen LogP contribution in [0.3, 0.4) is 0 Å². The van der Waals surface area contributed by atoms with E-state index in [9.17, 15) is 9.36 Å². The zero-order chi connectivity index (χ0) is 23.4. The monoisotopic (exact) mass is 471 g/mol. The van der Waals surface area contributed by atoms with Crippen LogP contribution in [-0.2, 0) is 23.4 Å². The number of ether oxygens (including phenoxy) is 2. The van der Waals surface area contributed by atoms with Crippen LogP contribution in [0.2, 0.25) is 0 Å². The Balaban J connectivity index is 1.95. The van der Waals surface area contributed by atoms with E-state index >= 15 is 0 Å². The molecule has 0 radical (unpaired) electrons. The van der Waals surface area contributed by atoms with Crippen LogP contribution in [0.25, 0.3) is 0 Å². The number of unbranched alkanes of at least 4 members (excludes halogenated alkanes) is 1. The lowest BCUT2D eigenvalue weighted by molar-refractivity contribution is -0.145. The highest BCUT2D eigenvalue weighted by Crippen LogP contribution is 2.45. The van der Waals surface area contributed by atoms with E-state index in [0.29, 0.717) is 25.2 Å². The third-order valence-electron chi connectivity index (χ3n) is 4.55. The van der Waals surface area contributed by atoms with E-state index in [1.54, 1.807) is 37.3 Å². The molecule has 0 saturated carbocycles. The van der Waals surface area contributed by atoms with Crippen LogP contribution in [0.15, 0.2) is 35.3 Å². The maximum Gasteiger partial charge on any atom is 0.459 e. The number of esters is 1. The van der Waals surface area contributed by atoms with Crippen LogP contribution in [0, 0.1) is 0 Å². The van der Waals surface area contributed by atoms with Crippen molar-refractivity contribution in [2.75, 3.05) is 13.2 Å². The average Bonchev–Trinajstić information content (AvgIpc) is 3.20. The van der Waals surface area contributed by atoms with Crippen molar-refractivity contribution in [1.82, 2.24) is 5.09 Å². The molecule has 180 valence electrons. The second-order valence-electron chi connectivity index (χ2n) is 7.49. The number of hydrogen-bond acceptors (Lipinski definition) is 9. The summed E-state index contributed by atoms with van der Waals surface area (Å²) in [5.41, 5.74) is 5.28. The Morgan fingerprint density at radius 1 is 1.41 bits per heavy atom. The van der Waals surface area contributed by atoms with E-state index in [2.05, 4.69) is 10.1 Å². The summed E-state index contributed by atoms with van der Waals surface area (Å²) in [6.45, 7) is 3.82. The molecule has 11 heteroatoms. The van der Waals surface area contributed by atoms with Crippen molar-refractivity contribution in [3.05, 3.63) is 30.3 Å². The van der Waals surface area contributed by atoms with Gasteiger partial charge in [-0.25, -0.2) is 4.57 Å². The van der Waals surface area contributed by atoms with Gasteiger partial charge in [0.2, 0.25) is 0 Å². The van der Waals surface area contributed by atoms with Crippen molar-refractivity contribution in [3.63, 3.8) is 0 Å². The van der Waals surface area contributed by atoms with Crippen molar-refractivity contribution in [2.24, 2.45) is 10.7 Å². The Morgan fingerprint density at radius 2 is 2.16 bits per heavy atom. The fourth-order valence-electron chi connectivity index (χ4n) is 2.83. The van der Waals surface area contributed by atoms with Gasteiger partial charge in [-0.1, -0.05) is 31.5 Å². The quantitative estimate of drug-likeness (QED) is 0.123. The number of aliphatic hydroxyl groups excluding tert-OH is 1. The summed E-state index contributed by atoms with van der Waals surface area (Å²) < 4.78 is 35.6. The first kappa shape index (κ1) is 26.4. The van der Waals surface area contributed by atoms with Crippen LogP contribution in [0.5, 0.6) is 5.75 Å². The highest BCUT2D eigenvalue weighted by atomic mass is 31.2. The smallest absolute Gasteiger partial charge is 0.459 e. The summed E-state index contributed by atoms with van der Waals surface area (Å²) >= 11 is 0. The number of hydrogen-bond donors (Lipinski definition) is 3. The number of para-hydroxylation sites is 1. The molecule has 0 bridgehead atoms.